The van der Waals surface area contributed by atoms with Crippen LogP contribution in [0.15, 0.2) is 30.3 Å². The zero-order valence-electron chi connectivity index (χ0n) is 8.81. The molecule has 0 bridgehead atoms. The highest BCUT2D eigenvalue weighted by Crippen LogP contribution is 2.30. The quantitative estimate of drug-likeness (QED) is 0.913. The van der Waals surface area contributed by atoms with Crippen molar-refractivity contribution in [2.45, 2.75) is 0 Å². The third-order valence-corrected chi connectivity index (χ3v) is 3.08. The van der Waals surface area contributed by atoms with Crippen molar-refractivity contribution in [3.8, 4) is 0 Å². The molecule has 92 valence electrons. The van der Waals surface area contributed by atoms with E-state index in [1.807, 2.05) is 0 Å². The summed E-state index contributed by atoms with van der Waals surface area (Å²) in [6.45, 7) is 0. The number of halogens is 2. The Balaban J connectivity index is 2.92. The van der Waals surface area contributed by atoms with Crippen LogP contribution >= 0.6 is 27.9 Å². The van der Waals surface area contributed by atoms with Gasteiger partial charge in [-0.2, -0.15) is 0 Å². The second kappa shape index (κ2) is 4.96. The van der Waals surface area contributed by atoms with Gasteiger partial charge in [0.15, 0.2) is 16.3 Å². The number of fused-ring (bicyclic) bond motifs is 1. The van der Waals surface area contributed by atoms with Gasteiger partial charge in [0.25, 0.3) is 0 Å². The first-order valence-corrected chi connectivity index (χ1v) is 5.86. The van der Waals surface area contributed by atoms with Gasteiger partial charge in [0.2, 0.25) is 0 Å². The van der Waals surface area contributed by atoms with E-state index in [1.165, 1.54) is 6.07 Å². The number of carboxylic acids is 1. The first-order valence-electron chi connectivity index (χ1n) is 4.83. The largest absolute Gasteiger partial charge is 0.478 e. The summed E-state index contributed by atoms with van der Waals surface area (Å²) in [6, 6.07) is 8.30. The van der Waals surface area contributed by atoms with Crippen LogP contribution in [0.5, 0.6) is 0 Å². The van der Waals surface area contributed by atoms with E-state index in [0.717, 1.165) is 0 Å². The van der Waals surface area contributed by atoms with E-state index < -0.39 is 11.9 Å². The van der Waals surface area contributed by atoms with Gasteiger partial charge in [0.1, 0.15) is 0 Å². The van der Waals surface area contributed by atoms with Crippen LogP contribution in [-0.4, -0.2) is 17.0 Å². The van der Waals surface area contributed by atoms with Gasteiger partial charge in [-0.1, -0.05) is 35.9 Å². The lowest BCUT2D eigenvalue weighted by molar-refractivity contribution is 0.0681. The zero-order chi connectivity index (χ0) is 13.3. The van der Waals surface area contributed by atoms with Gasteiger partial charge in [-0.15, -0.1) is 0 Å². The van der Waals surface area contributed by atoms with Crippen LogP contribution in [-0.2, 0) is 3.83 Å². The molecule has 6 heteroatoms. The molecule has 0 amide bonds. The SMILES string of the molecule is O=C(OBr)c1c(Cl)cc2ccccc2c1C(=O)O. The first-order chi connectivity index (χ1) is 8.56. The maximum atomic E-state index is 11.6. The van der Waals surface area contributed by atoms with Crippen LogP contribution in [0.4, 0.5) is 0 Å². The highest BCUT2D eigenvalue weighted by Gasteiger charge is 2.24. The Morgan fingerprint density at radius 2 is 1.89 bits per heavy atom. The fourth-order valence-corrected chi connectivity index (χ4v) is 2.22. The lowest BCUT2D eigenvalue weighted by Crippen LogP contribution is -2.10. The number of hydrogen-bond acceptors (Lipinski definition) is 3. The maximum absolute atomic E-state index is 11.6. The average Bonchev–Trinajstić information content (AvgIpc) is 2.35. The minimum atomic E-state index is -1.23. The number of carboxylic acid groups (broad SMARTS) is 1. The van der Waals surface area contributed by atoms with Gasteiger partial charge in [0, 0.05) is 0 Å². The van der Waals surface area contributed by atoms with E-state index >= 15 is 0 Å². The molecular formula is C12H6BrClO4. The van der Waals surface area contributed by atoms with Crippen molar-refractivity contribution in [1.82, 2.24) is 0 Å². The average molecular weight is 330 g/mol. The van der Waals surface area contributed by atoms with Crippen molar-refractivity contribution in [3.63, 3.8) is 0 Å². The normalized spacial score (nSPS) is 10.3. The van der Waals surface area contributed by atoms with Crippen molar-refractivity contribution < 1.29 is 18.5 Å². The summed E-state index contributed by atoms with van der Waals surface area (Å²) in [5, 5.41) is 10.4. The van der Waals surface area contributed by atoms with Crippen molar-refractivity contribution in [2.75, 3.05) is 0 Å². The van der Waals surface area contributed by atoms with E-state index in [-0.39, 0.29) is 16.1 Å². The van der Waals surface area contributed by atoms with Crippen LogP contribution in [0.1, 0.15) is 20.7 Å². The lowest BCUT2D eigenvalue weighted by atomic mass is 9.99. The van der Waals surface area contributed by atoms with E-state index in [1.54, 1.807) is 24.3 Å². The van der Waals surface area contributed by atoms with Gasteiger partial charge in [-0.3, -0.25) is 0 Å². The van der Waals surface area contributed by atoms with Crippen LogP contribution < -0.4 is 0 Å². The maximum Gasteiger partial charge on any atom is 0.352 e. The molecule has 0 aliphatic carbocycles. The molecule has 2 aromatic rings. The molecule has 0 radical (unpaired) electrons. The van der Waals surface area contributed by atoms with E-state index in [9.17, 15) is 14.7 Å². The molecule has 4 nitrogen and oxygen atoms in total. The molecular weight excluding hydrogens is 323 g/mol. The van der Waals surface area contributed by atoms with Crippen LogP contribution in [0.2, 0.25) is 5.02 Å². The standard InChI is InChI=1S/C12H6BrClO4/c13-18-12(17)10-8(14)5-6-3-1-2-4-7(6)9(10)11(15)16/h1-5H,(H,15,16). The molecule has 0 saturated heterocycles. The smallest absolute Gasteiger partial charge is 0.352 e. The van der Waals surface area contributed by atoms with Crippen molar-refractivity contribution in [1.29, 1.82) is 0 Å². The van der Waals surface area contributed by atoms with Crippen LogP contribution in [0, 0.1) is 0 Å². The van der Waals surface area contributed by atoms with Gasteiger partial charge < -0.3 is 8.93 Å². The second-order valence-electron chi connectivity index (χ2n) is 3.50. The molecule has 1 N–H and O–H groups in total. The van der Waals surface area contributed by atoms with Crippen molar-refractivity contribution in [3.05, 3.63) is 46.5 Å². The van der Waals surface area contributed by atoms with E-state index in [2.05, 4.69) is 20.1 Å². The third-order valence-electron chi connectivity index (χ3n) is 2.49. The molecule has 0 heterocycles. The fourth-order valence-electron chi connectivity index (χ4n) is 1.77. The monoisotopic (exact) mass is 328 g/mol. The Kier molecular flexibility index (Phi) is 3.54. The summed E-state index contributed by atoms with van der Waals surface area (Å²) in [6.07, 6.45) is 0. The molecule has 18 heavy (non-hydrogen) atoms. The van der Waals surface area contributed by atoms with E-state index in [0.29, 0.717) is 10.8 Å². The van der Waals surface area contributed by atoms with Gasteiger partial charge in [-0.05, 0) is 16.8 Å². The number of benzene rings is 2. The Labute approximate surface area is 116 Å². The summed E-state index contributed by atoms with van der Waals surface area (Å²) in [5.41, 5.74) is -0.331. The number of hydrogen-bond donors (Lipinski definition) is 1. The number of carbonyl (C=O) groups excluding carboxylic acids is 1. The second-order valence-corrected chi connectivity index (χ2v) is 4.23. The van der Waals surface area contributed by atoms with Gasteiger partial charge in [-0.25, -0.2) is 9.59 Å². The molecule has 0 saturated carbocycles. The van der Waals surface area contributed by atoms with E-state index in [4.69, 9.17) is 11.6 Å². The predicted molar refractivity (Wildman–Crippen MR) is 70.3 cm³/mol. The summed E-state index contributed by atoms with van der Waals surface area (Å²) in [4.78, 5) is 22.9. The summed E-state index contributed by atoms with van der Waals surface area (Å²) in [5.74, 6) is -2.08. The number of carbonyl (C=O) groups is 2. The van der Waals surface area contributed by atoms with Crippen LogP contribution in [0.3, 0.4) is 0 Å². The number of aromatic carboxylic acids is 1. The topological polar surface area (TPSA) is 63.6 Å². The zero-order valence-corrected chi connectivity index (χ0v) is 11.2. The summed E-state index contributed by atoms with van der Waals surface area (Å²) >= 11 is 8.47. The summed E-state index contributed by atoms with van der Waals surface area (Å²) in [7, 11) is 0. The highest BCUT2D eigenvalue weighted by atomic mass is 79.9. The molecule has 2 rings (SSSR count). The minimum Gasteiger partial charge on any atom is -0.478 e. The predicted octanol–water partition coefficient (Wildman–Crippen LogP) is 3.66. The Hall–Kier alpha value is -1.59. The van der Waals surface area contributed by atoms with Crippen molar-refractivity contribution >= 4 is 50.6 Å². The first kappa shape index (κ1) is 12.9. The molecule has 0 atom stereocenters. The van der Waals surface area contributed by atoms with Gasteiger partial charge >= 0.3 is 11.9 Å². The molecule has 0 fully saturated rings. The number of rotatable bonds is 2. The highest BCUT2D eigenvalue weighted by molar-refractivity contribution is 9.06. The minimum absolute atomic E-state index is 0.0375. The molecule has 0 spiro atoms. The Morgan fingerprint density at radius 3 is 2.50 bits per heavy atom. The van der Waals surface area contributed by atoms with Crippen LogP contribution in [0.25, 0.3) is 10.8 Å². The molecule has 0 unspecified atom stereocenters. The fraction of sp³-hybridized carbons (Fsp3) is 0. The Bertz CT molecular complexity index is 654. The van der Waals surface area contributed by atoms with Crippen molar-refractivity contribution in [2.24, 2.45) is 0 Å². The molecule has 0 aromatic heterocycles. The Morgan fingerprint density at radius 1 is 1.22 bits per heavy atom. The van der Waals surface area contributed by atoms with Gasteiger partial charge in [0.05, 0.1) is 16.1 Å². The third kappa shape index (κ3) is 2.07. The molecule has 2 aromatic carbocycles. The lowest BCUT2D eigenvalue weighted by Gasteiger charge is -2.09. The molecule has 0 aliphatic rings. The molecule has 0 aliphatic heterocycles. The summed E-state index contributed by atoms with van der Waals surface area (Å²) < 4.78 is 4.38.